The second kappa shape index (κ2) is 5.39. The van der Waals surface area contributed by atoms with E-state index in [1.54, 1.807) is 0 Å². The predicted octanol–water partition coefficient (Wildman–Crippen LogP) is 3.00. The molecule has 3 heteroatoms. The van der Waals surface area contributed by atoms with Crippen LogP contribution in [0.3, 0.4) is 0 Å². The van der Waals surface area contributed by atoms with Crippen LogP contribution in [0.1, 0.15) is 27.2 Å². The summed E-state index contributed by atoms with van der Waals surface area (Å²) < 4.78 is 0. The summed E-state index contributed by atoms with van der Waals surface area (Å²) in [6, 6.07) is 2.21. The fourth-order valence-electron chi connectivity index (χ4n) is 2.78. The van der Waals surface area contributed by atoms with E-state index in [0.717, 1.165) is 37.2 Å². The molecule has 1 aliphatic heterocycles. The van der Waals surface area contributed by atoms with Crippen LogP contribution in [0.2, 0.25) is 0 Å². The van der Waals surface area contributed by atoms with E-state index < -0.39 is 0 Å². The molecule has 1 aliphatic rings. The van der Waals surface area contributed by atoms with Gasteiger partial charge in [-0.3, -0.25) is 4.98 Å². The summed E-state index contributed by atoms with van der Waals surface area (Å²) in [6.45, 7) is 10.0. The van der Waals surface area contributed by atoms with Crippen molar-refractivity contribution in [2.45, 2.75) is 27.2 Å². The van der Waals surface area contributed by atoms with E-state index >= 15 is 0 Å². The number of aromatic nitrogens is 1. The van der Waals surface area contributed by atoms with Crippen LogP contribution in [-0.2, 0) is 0 Å². The summed E-state index contributed by atoms with van der Waals surface area (Å²) in [7, 11) is 0. The average molecular weight is 233 g/mol. The Morgan fingerprint density at radius 1 is 1.29 bits per heavy atom. The van der Waals surface area contributed by atoms with Gasteiger partial charge in [0.25, 0.3) is 0 Å². The van der Waals surface area contributed by atoms with E-state index in [1.165, 1.54) is 12.1 Å². The first-order valence-corrected chi connectivity index (χ1v) is 6.63. The average Bonchev–Trinajstić information content (AvgIpc) is 2.28. The first-order chi connectivity index (χ1) is 8.19. The number of hydrogen-bond acceptors (Lipinski definition) is 3. The molecule has 0 aliphatic carbocycles. The van der Waals surface area contributed by atoms with Gasteiger partial charge in [-0.25, -0.2) is 0 Å². The molecule has 94 valence electrons. The number of hydrogen-bond donors (Lipinski definition) is 1. The Kier molecular flexibility index (Phi) is 3.87. The molecule has 1 N–H and O–H groups in total. The van der Waals surface area contributed by atoms with Gasteiger partial charge < -0.3 is 10.2 Å². The Balaban J connectivity index is 2.12. The Morgan fingerprint density at radius 3 is 2.65 bits per heavy atom. The molecular formula is C14H23N3. The second-order valence-electron chi connectivity index (χ2n) is 5.31. The number of nitrogens with one attached hydrogen (secondary N) is 1. The van der Waals surface area contributed by atoms with Crippen molar-refractivity contribution in [1.82, 2.24) is 4.98 Å². The topological polar surface area (TPSA) is 28.2 Å². The highest BCUT2D eigenvalue weighted by molar-refractivity contribution is 5.55. The Bertz CT molecular complexity index is 354. The van der Waals surface area contributed by atoms with Crippen molar-refractivity contribution in [3.05, 3.63) is 18.5 Å². The van der Waals surface area contributed by atoms with Gasteiger partial charge in [0.1, 0.15) is 0 Å². The highest BCUT2D eigenvalue weighted by Crippen LogP contribution is 2.27. The molecule has 2 rings (SSSR count). The normalized spacial score (nSPS) is 24.8. The fourth-order valence-corrected chi connectivity index (χ4v) is 2.78. The largest absolute Gasteiger partial charge is 0.384 e. The van der Waals surface area contributed by atoms with Crippen molar-refractivity contribution in [2.75, 3.05) is 29.9 Å². The smallest absolute Gasteiger partial charge is 0.0573 e. The molecule has 1 fully saturated rings. The molecule has 1 aromatic heterocycles. The van der Waals surface area contributed by atoms with Gasteiger partial charge in [0.05, 0.1) is 23.8 Å². The van der Waals surface area contributed by atoms with Crippen molar-refractivity contribution in [3.63, 3.8) is 0 Å². The minimum atomic E-state index is 0.779. The minimum Gasteiger partial charge on any atom is -0.384 e. The molecule has 2 heterocycles. The van der Waals surface area contributed by atoms with Crippen LogP contribution in [-0.4, -0.2) is 24.6 Å². The SMILES string of the molecule is CCNc1cncc(N2CC(C)CC(C)C2)c1. The Labute approximate surface area is 104 Å². The van der Waals surface area contributed by atoms with Gasteiger partial charge in [0.15, 0.2) is 0 Å². The Morgan fingerprint density at radius 2 is 2.00 bits per heavy atom. The molecule has 0 bridgehead atoms. The quantitative estimate of drug-likeness (QED) is 0.870. The van der Waals surface area contributed by atoms with E-state index in [1.807, 2.05) is 12.4 Å². The predicted molar refractivity (Wildman–Crippen MR) is 73.6 cm³/mol. The fraction of sp³-hybridized carbons (Fsp3) is 0.643. The van der Waals surface area contributed by atoms with Crippen LogP contribution < -0.4 is 10.2 Å². The number of nitrogens with zero attached hydrogens (tertiary/aromatic N) is 2. The summed E-state index contributed by atoms with van der Waals surface area (Å²) in [6.07, 6.45) is 5.21. The maximum absolute atomic E-state index is 4.32. The van der Waals surface area contributed by atoms with Gasteiger partial charge in [-0.15, -0.1) is 0 Å². The van der Waals surface area contributed by atoms with Gasteiger partial charge in [-0.05, 0) is 31.2 Å². The monoisotopic (exact) mass is 233 g/mol. The third kappa shape index (κ3) is 3.11. The molecule has 2 atom stereocenters. The van der Waals surface area contributed by atoms with E-state index in [2.05, 4.69) is 42.0 Å². The zero-order chi connectivity index (χ0) is 12.3. The molecule has 2 unspecified atom stereocenters. The number of piperidine rings is 1. The molecule has 0 aromatic carbocycles. The van der Waals surface area contributed by atoms with Gasteiger partial charge in [0, 0.05) is 19.6 Å². The van der Waals surface area contributed by atoms with Gasteiger partial charge in [0.2, 0.25) is 0 Å². The zero-order valence-electron chi connectivity index (χ0n) is 11.1. The van der Waals surface area contributed by atoms with Gasteiger partial charge >= 0.3 is 0 Å². The summed E-state index contributed by atoms with van der Waals surface area (Å²) in [5.74, 6) is 1.56. The third-order valence-electron chi connectivity index (χ3n) is 3.34. The molecular weight excluding hydrogens is 210 g/mol. The molecule has 0 spiro atoms. The lowest BCUT2D eigenvalue weighted by atomic mass is 9.91. The van der Waals surface area contributed by atoms with E-state index in [4.69, 9.17) is 0 Å². The van der Waals surface area contributed by atoms with Crippen LogP contribution in [0.15, 0.2) is 18.5 Å². The molecule has 17 heavy (non-hydrogen) atoms. The lowest BCUT2D eigenvalue weighted by Gasteiger charge is -2.36. The molecule has 1 saturated heterocycles. The van der Waals surface area contributed by atoms with Crippen LogP contribution in [0.4, 0.5) is 11.4 Å². The minimum absolute atomic E-state index is 0.779. The summed E-state index contributed by atoms with van der Waals surface area (Å²) in [4.78, 5) is 6.79. The summed E-state index contributed by atoms with van der Waals surface area (Å²) >= 11 is 0. The number of pyridine rings is 1. The molecule has 0 radical (unpaired) electrons. The first-order valence-electron chi connectivity index (χ1n) is 6.63. The van der Waals surface area contributed by atoms with Gasteiger partial charge in [-0.2, -0.15) is 0 Å². The van der Waals surface area contributed by atoms with Crippen LogP contribution in [0.5, 0.6) is 0 Å². The van der Waals surface area contributed by atoms with Crippen LogP contribution in [0, 0.1) is 11.8 Å². The van der Waals surface area contributed by atoms with E-state index in [0.29, 0.717) is 0 Å². The summed E-state index contributed by atoms with van der Waals surface area (Å²) in [5, 5.41) is 3.32. The van der Waals surface area contributed by atoms with Crippen LogP contribution >= 0.6 is 0 Å². The van der Waals surface area contributed by atoms with Crippen molar-refractivity contribution < 1.29 is 0 Å². The van der Waals surface area contributed by atoms with Crippen molar-refractivity contribution in [3.8, 4) is 0 Å². The highest BCUT2D eigenvalue weighted by Gasteiger charge is 2.22. The van der Waals surface area contributed by atoms with Gasteiger partial charge in [-0.1, -0.05) is 13.8 Å². The Hall–Kier alpha value is -1.25. The third-order valence-corrected chi connectivity index (χ3v) is 3.34. The van der Waals surface area contributed by atoms with Crippen molar-refractivity contribution in [2.24, 2.45) is 11.8 Å². The summed E-state index contributed by atoms with van der Waals surface area (Å²) in [5.41, 5.74) is 2.37. The number of rotatable bonds is 3. The van der Waals surface area contributed by atoms with E-state index in [-0.39, 0.29) is 0 Å². The molecule has 1 aromatic rings. The molecule has 0 amide bonds. The zero-order valence-corrected chi connectivity index (χ0v) is 11.1. The van der Waals surface area contributed by atoms with Crippen molar-refractivity contribution in [1.29, 1.82) is 0 Å². The highest BCUT2D eigenvalue weighted by atomic mass is 15.1. The first kappa shape index (κ1) is 12.2. The van der Waals surface area contributed by atoms with E-state index in [9.17, 15) is 0 Å². The lowest BCUT2D eigenvalue weighted by Crippen LogP contribution is -2.38. The van der Waals surface area contributed by atoms with Crippen LogP contribution in [0.25, 0.3) is 0 Å². The maximum atomic E-state index is 4.32. The second-order valence-corrected chi connectivity index (χ2v) is 5.31. The lowest BCUT2D eigenvalue weighted by molar-refractivity contribution is 0.357. The standard InChI is InChI=1S/C14H23N3/c1-4-16-13-6-14(8-15-7-13)17-9-11(2)5-12(3)10-17/h6-8,11-12,16H,4-5,9-10H2,1-3H3. The van der Waals surface area contributed by atoms with Crippen molar-refractivity contribution >= 4 is 11.4 Å². The molecule has 0 saturated carbocycles. The maximum Gasteiger partial charge on any atom is 0.0573 e. The molecule has 3 nitrogen and oxygen atoms in total. The number of anilines is 2.